The summed E-state index contributed by atoms with van der Waals surface area (Å²) >= 11 is 3.96. The molecule has 1 amide bonds. The number of nitrogens with one attached hydrogen (secondary N) is 1. The average molecular weight is 396 g/mol. The first kappa shape index (κ1) is 18.2. The van der Waals surface area contributed by atoms with Gasteiger partial charge in [-0.3, -0.25) is 4.79 Å². The van der Waals surface area contributed by atoms with Crippen molar-refractivity contribution in [1.29, 1.82) is 0 Å². The molecule has 27 heavy (non-hydrogen) atoms. The number of carbonyl (C=O) groups is 1. The second-order valence-electron chi connectivity index (χ2n) is 6.40. The Morgan fingerprint density at radius 2 is 1.89 bits per heavy atom. The van der Waals surface area contributed by atoms with E-state index in [0.29, 0.717) is 10.1 Å². The van der Waals surface area contributed by atoms with Gasteiger partial charge in [0.25, 0.3) is 5.91 Å². The third kappa shape index (κ3) is 4.06. The maximum atomic E-state index is 12.8. The van der Waals surface area contributed by atoms with E-state index < -0.39 is 0 Å². The monoisotopic (exact) mass is 395 g/mol. The van der Waals surface area contributed by atoms with Gasteiger partial charge in [0.15, 0.2) is 0 Å². The molecular weight excluding hydrogens is 374 g/mol. The summed E-state index contributed by atoms with van der Waals surface area (Å²) in [5.41, 5.74) is 4.46. The summed E-state index contributed by atoms with van der Waals surface area (Å²) in [7, 11) is 0. The molecule has 4 rings (SSSR count). The van der Waals surface area contributed by atoms with Crippen LogP contribution in [0.1, 0.15) is 32.6 Å². The number of para-hydroxylation sites is 1. The van der Waals surface area contributed by atoms with E-state index in [2.05, 4.69) is 22.5 Å². The molecule has 0 bridgehead atoms. The van der Waals surface area contributed by atoms with Gasteiger partial charge in [-0.1, -0.05) is 30.3 Å². The van der Waals surface area contributed by atoms with Gasteiger partial charge in [0.1, 0.15) is 0 Å². The van der Waals surface area contributed by atoms with E-state index in [0.717, 1.165) is 17.1 Å². The molecule has 6 heteroatoms. The summed E-state index contributed by atoms with van der Waals surface area (Å²) in [4.78, 5) is 12.8. The minimum Gasteiger partial charge on any atom is -0.322 e. The van der Waals surface area contributed by atoms with E-state index in [1.54, 1.807) is 10.9 Å². The van der Waals surface area contributed by atoms with E-state index in [1.807, 2.05) is 72.9 Å². The van der Waals surface area contributed by atoms with Crippen LogP contribution in [0, 0.1) is 6.92 Å². The zero-order chi connectivity index (χ0) is 18.6. The summed E-state index contributed by atoms with van der Waals surface area (Å²) in [6.07, 6.45) is 2.90. The summed E-state index contributed by atoms with van der Waals surface area (Å²) in [6, 6.07) is 18.0. The van der Waals surface area contributed by atoms with Crippen molar-refractivity contribution >= 4 is 35.1 Å². The van der Waals surface area contributed by atoms with Crippen LogP contribution in [0.25, 0.3) is 5.69 Å². The van der Waals surface area contributed by atoms with Crippen LogP contribution in [0.3, 0.4) is 0 Å². The van der Waals surface area contributed by atoms with E-state index in [4.69, 9.17) is 0 Å². The number of aromatic nitrogens is 2. The van der Waals surface area contributed by atoms with E-state index in [9.17, 15) is 4.79 Å². The number of hydrogen-bond acceptors (Lipinski definition) is 4. The molecule has 1 aliphatic heterocycles. The fraction of sp³-hybridized carbons (Fsp3) is 0.238. The maximum Gasteiger partial charge on any atom is 0.259 e. The molecular formula is C21H21N3OS2. The second-order valence-corrected chi connectivity index (χ2v) is 9.12. The molecule has 0 aliphatic carbocycles. The van der Waals surface area contributed by atoms with Crippen molar-refractivity contribution in [2.75, 3.05) is 16.8 Å². The highest BCUT2D eigenvalue weighted by Gasteiger charge is 2.18. The summed E-state index contributed by atoms with van der Waals surface area (Å²) in [5.74, 6) is 2.27. The van der Waals surface area contributed by atoms with Crippen LogP contribution >= 0.6 is 23.5 Å². The molecule has 0 saturated carbocycles. The van der Waals surface area contributed by atoms with Crippen molar-refractivity contribution in [2.24, 2.45) is 0 Å². The Bertz CT molecular complexity index is 934. The Morgan fingerprint density at radius 1 is 1.11 bits per heavy atom. The number of nitrogens with zero attached hydrogens (tertiary/aromatic N) is 2. The van der Waals surface area contributed by atoms with Gasteiger partial charge < -0.3 is 5.32 Å². The topological polar surface area (TPSA) is 46.9 Å². The lowest BCUT2D eigenvalue weighted by molar-refractivity contribution is 0.102. The number of anilines is 1. The third-order valence-electron chi connectivity index (χ3n) is 4.50. The SMILES string of the molecule is Cc1c(C(=O)Nc2cccc(C3SCCCS3)c2)cnn1-c1ccccc1. The molecule has 1 aromatic heterocycles. The Kier molecular flexibility index (Phi) is 5.55. The molecule has 1 N–H and O–H groups in total. The number of amides is 1. The first-order valence-electron chi connectivity index (χ1n) is 8.97. The molecule has 0 atom stereocenters. The molecule has 1 fully saturated rings. The van der Waals surface area contributed by atoms with Crippen LogP contribution in [0.4, 0.5) is 5.69 Å². The predicted octanol–water partition coefficient (Wildman–Crippen LogP) is 5.30. The highest BCUT2D eigenvalue weighted by atomic mass is 32.2. The van der Waals surface area contributed by atoms with Gasteiger partial charge in [-0.25, -0.2) is 4.68 Å². The molecule has 1 saturated heterocycles. The Labute approximate surface area is 167 Å². The summed E-state index contributed by atoms with van der Waals surface area (Å²) in [6.45, 7) is 1.92. The molecule has 2 heterocycles. The molecule has 3 aromatic rings. The van der Waals surface area contributed by atoms with E-state index in [1.165, 1.54) is 23.5 Å². The van der Waals surface area contributed by atoms with Crippen molar-refractivity contribution in [1.82, 2.24) is 9.78 Å². The van der Waals surface area contributed by atoms with E-state index in [-0.39, 0.29) is 5.91 Å². The third-order valence-corrected chi connectivity index (χ3v) is 7.51. The standard InChI is InChI=1S/C21H21N3OS2/c1-15-19(14-22-24(15)18-9-3-2-4-10-18)20(25)23-17-8-5-7-16(13-17)21-26-11-6-12-27-21/h2-5,7-10,13-14,21H,6,11-12H2,1H3,(H,23,25). The highest BCUT2D eigenvalue weighted by molar-refractivity contribution is 8.16. The van der Waals surface area contributed by atoms with Gasteiger partial charge in [0.2, 0.25) is 0 Å². The smallest absolute Gasteiger partial charge is 0.259 e. The first-order chi connectivity index (χ1) is 13.2. The van der Waals surface area contributed by atoms with Gasteiger partial charge >= 0.3 is 0 Å². The second kappa shape index (κ2) is 8.23. The Morgan fingerprint density at radius 3 is 2.67 bits per heavy atom. The molecule has 0 radical (unpaired) electrons. The molecule has 2 aromatic carbocycles. The number of thioether (sulfide) groups is 2. The van der Waals surface area contributed by atoms with Gasteiger partial charge in [-0.05, 0) is 54.7 Å². The minimum absolute atomic E-state index is 0.129. The first-order valence-corrected chi connectivity index (χ1v) is 11.1. The van der Waals surface area contributed by atoms with Gasteiger partial charge in [-0.2, -0.15) is 5.10 Å². The van der Waals surface area contributed by atoms with Crippen molar-refractivity contribution in [3.05, 3.63) is 77.6 Å². The number of carbonyl (C=O) groups excluding carboxylic acids is 1. The summed E-state index contributed by atoms with van der Waals surface area (Å²) < 4.78 is 2.25. The number of benzene rings is 2. The lowest BCUT2D eigenvalue weighted by Gasteiger charge is -2.21. The average Bonchev–Trinajstić information content (AvgIpc) is 3.11. The quantitative estimate of drug-likeness (QED) is 0.651. The van der Waals surface area contributed by atoms with Crippen LogP contribution in [-0.2, 0) is 0 Å². The zero-order valence-corrected chi connectivity index (χ0v) is 16.7. The van der Waals surface area contributed by atoms with E-state index >= 15 is 0 Å². The van der Waals surface area contributed by atoms with Gasteiger partial charge in [0.05, 0.1) is 27.7 Å². The van der Waals surface area contributed by atoms with Crippen molar-refractivity contribution < 1.29 is 4.79 Å². The largest absolute Gasteiger partial charge is 0.322 e. The van der Waals surface area contributed by atoms with Gasteiger partial charge in [-0.15, -0.1) is 23.5 Å². The normalized spacial score (nSPS) is 14.9. The van der Waals surface area contributed by atoms with Crippen LogP contribution in [-0.4, -0.2) is 27.2 Å². The minimum atomic E-state index is -0.129. The molecule has 1 aliphatic rings. The van der Waals surface area contributed by atoms with Crippen molar-refractivity contribution in [3.8, 4) is 5.69 Å². The fourth-order valence-corrected chi connectivity index (χ4v) is 5.98. The highest BCUT2D eigenvalue weighted by Crippen LogP contribution is 2.44. The zero-order valence-electron chi connectivity index (χ0n) is 15.1. The lowest BCUT2D eigenvalue weighted by Crippen LogP contribution is -2.13. The maximum absolute atomic E-state index is 12.8. The lowest BCUT2D eigenvalue weighted by atomic mass is 10.2. The molecule has 0 unspecified atom stereocenters. The number of rotatable bonds is 4. The van der Waals surface area contributed by atoms with Crippen molar-refractivity contribution in [2.45, 2.75) is 17.9 Å². The summed E-state index contributed by atoms with van der Waals surface area (Å²) in [5, 5.41) is 7.42. The van der Waals surface area contributed by atoms with Crippen LogP contribution in [0.2, 0.25) is 0 Å². The van der Waals surface area contributed by atoms with Crippen molar-refractivity contribution in [3.63, 3.8) is 0 Å². The van der Waals surface area contributed by atoms with Crippen LogP contribution in [0.15, 0.2) is 60.8 Å². The Hall–Kier alpha value is -2.18. The predicted molar refractivity (Wildman–Crippen MR) is 115 cm³/mol. The molecule has 0 spiro atoms. The van der Waals surface area contributed by atoms with Gasteiger partial charge in [0, 0.05) is 5.69 Å². The number of hydrogen-bond donors (Lipinski definition) is 1. The molecule has 138 valence electrons. The van der Waals surface area contributed by atoms with Crippen LogP contribution in [0.5, 0.6) is 0 Å². The van der Waals surface area contributed by atoms with Crippen LogP contribution < -0.4 is 5.32 Å². The molecule has 4 nitrogen and oxygen atoms in total. The Balaban J connectivity index is 1.52. The fourth-order valence-electron chi connectivity index (χ4n) is 3.10.